The van der Waals surface area contributed by atoms with Crippen LogP contribution in [0.4, 0.5) is 0 Å². The second-order valence-corrected chi connectivity index (χ2v) is 6.04. The summed E-state index contributed by atoms with van der Waals surface area (Å²) >= 11 is 0. The maximum atomic E-state index is 11.8. The summed E-state index contributed by atoms with van der Waals surface area (Å²) in [5.74, 6) is 0.638. The van der Waals surface area contributed by atoms with Crippen molar-refractivity contribution in [2.75, 3.05) is 6.54 Å². The van der Waals surface area contributed by atoms with Crippen LogP contribution in [0.1, 0.15) is 56.6 Å². The molecular weight excluding hydrogens is 248 g/mol. The summed E-state index contributed by atoms with van der Waals surface area (Å²) in [6.07, 6.45) is 5.01. The lowest BCUT2D eigenvalue weighted by Crippen LogP contribution is -2.37. The van der Waals surface area contributed by atoms with E-state index in [-0.39, 0.29) is 5.91 Å². The first kappa shape index (κ1) is 15.0. The molecule has 3 nitrogen and oxygen atoms in total. The topological polar surface area (TPSA) is 41.1 Å². The van der Waals surface area contributed by atoms with Crippen LogP contribution in [0.15, 0.2) is 24.3 Å². The molecule has 0 spiro atoms. The highest BCUT2D eigenvalue weighted by molar-refractivity contribution is 5.78. The summed E-state index contributed by atoms with van der Waals surface area (Å²) in [5, 5.41) is 6.30. The smallest absolute Gasteiger partial charge is 0.234 e. The molecule has 2 rings (SSSR count). The van der Waals surface area contributed by atoms with E-state index in [2.05, 4.69) is 48.7 Å². The number of rotatable bonds is 6. The summed E-state index contributed by atoms with van der Waals surface area (Å²) in [5.41, 5.74) is 2.49. The van der Waals surface area contributed by atoms with E-state index in [0.29, 0.717) is 25.0 Å². The van der Waals surface area contributed by atoms with Gasteiger partial charge in [0.1, 0.15) is 0 Å². The van der Waals surface area contributed by atoms with Gasteiger partial charge in [0, 0.05) is 12.6 Å². The van der Waals surface area contributed by atoms with Gasteiger partial charge in [-0.2, -0.15) is 0 Å². The number of benzene rings is 1. The van der Waals surface area contributed by atoms with Crippen molar-refractivity contribution in [3.8, 4) is 0 Å². The molecule has 2 N–H and O–H groups in total. The number of carbonyl (C=O) groups is 1. The highest BCUT2D eigenvalue weighted by Gasteiger charge is 2.14. The summed E-state index contributed by atoms with van der Waals surface area (Å²) < 4.78 is 0. The minimum Gasteiger partial charge on any atom is -0.351 e. The summed E-state index contributed by atoms with van der Waals surface area (Å²) in [4.78, 5) is 11.8. The number of nitrogens with one attached hydrogen (secondary N) is 2. The molecule has 0 saturated heterocycles. The van der Waals surface area contributed by atoms with Crippen LogP contribution < -0.4 is 10.6 Å². The van der Waals surface area contributed by atoms with Crippen molar-refractivity contribution in [2.45, 2.75) is 58.0 Å². The average molecular weight is 274 g/mol. The zero-order valence-electron chi connectivity index (χ0n) is 12.6. The Labute approximate surface area is 122 Å². The third-order valence-electron chi connectivity index (χ3n) is 4.04. The van der Waals surface area contributed by atoms with E-state index in [0.717, 1.165) is 5.56 Å². The Kier molecular flexibility index (Phi) is 5.60. The molecule has 0 bridgehead atoms. The van der Waals surface area contributed by atoms with Crippen molar-refractivity contribution in [3.05, 3.63) is 35.4 Å². The molecule has 1 amide bonds. The zero-order valence-corrected chi connectivity index (χ0v) is 12.6. The van der Waals surface area contributed by atoms with Crippen LogP contribution in [0.25, 0.3) is 0 Å². The first-order valence-electron chi connectivity index (χ1n) is 7.74. The number of amides is 1. The van der Waals surface area contributed by atoms with Crippen molar-refractivity contribution >= 4 is 5.91 Å². The van der Waals surface area contributed by atoms with E-state index in [9.17, 15) is 4.79 Å². The largest absolute Gasteiger partial charge is 0.351 e. The Morgan fingerprint density at radius 2 is 1.85 bits per heavy atom. The molecule has 1 aromatic carbocycles. The van der Waals surface area contributed by atoms with Crippen molar-refractivity contribution in [1.82, 2.24) is 10.6 Å². The van der Waals surface area contributed by atoms with Gasteiger partial charge in [-0.25, -0.2) is 0 Å². The molecule has 0 atom stereocenters. The maximum absolute atomic E-state index is 11.8. The van der Waals surface area contributed by atoms with Gasteiger partial charge in [0.15, 0.2) is 0 Å². The molecule has 0 radical (unpaired) electrons. The van der Waals surface area contributed by atoms with E-state index < -0.39 is 0 Å². The molecule has 1 aliphatic rings. The number of hydrogen-bond acceptors (Lipinski definition) is 2. The first-order valence-corrected chi connectivity index (χ1v) is 7.74. The first-order chi connectivity index (χ1) is 9.65. The second kappa shape index (κ2) is 7.44. The van der Waals surface area contributed by atoms with E-state index in [1.165, 1.54) is 31.2 Å². The lowest BCUT2D eigenvalue weighted by Gasteiger charge is -2.12. The predicted octanol–water partition coefficient (Wildman–Crippen LogP) is 2.96. The van der Waals surface area contributed by atoms with Gasteiger partial charge < -0.3 is 10.6 Å². The third-order valence-corrected chi connectivity index (χ3v) is 4.04. The van der Waals surface area contributed by atoms with Crippen LogP contribution in [0, 0.1) is 0 Å². The van der Waals surface area contributed by atoms with Gasteiger partial charge in [-0.15, -0.1) is 0 Å². The van der Waals surface area contributed by atoms with E-state index in [4.69, 9.17) is 0 Å². The monoisotopic (exact) mass is 274 g/mol. The Hall–Kier alpha value is -1.35. The minimum absolute atomic E-state index is 0.0878. The highest BCUT2D eigenvalue weighted by atomic mass is 16.1. The Bertz CT molecular complexity index is 419. The number of hydrogen-bond donors (Lipinski definition) is 2. The molecule has 20 heavy (non-hydrogen) atoms. The van der Waals surface area contributed by atoms with Crippen LogP contribution in [0.5, 0.6) is 0 Å². The molecule has 0 aromatic heterocycles. The normalized spacial score (nSPS) is 15.8. The Morgan fingerprint density at radius 3 is 2.45 bits per heavy atom. The molecule has 1 saturated carbocycles. The minimum atomic E-state index is 0.0878. The van der Waals surface area contributed by atoms with Crippen LogP contribution in [-0.2, 0) is 11.3 Å². The molecule has 1 fully saturated rings. The van der Waals surface area contributed by atoms with Crippen molar-refractivity contribution in [2.24, 2.45) is 0 Å². The van der Waals surface area contributed by atoms with Crippen LogP contribution >= 0.6 is 0 Å². The average Bonchev–Trinajstić information content (AvgIpc) is 2.96. The van der Waals surface area contributed by atoms with Gasteiger partial charge in [0.05, 0.1) is 6.54 Å². The standard InChI is InChI=1S/C17H26N2O/c1-13(2)15-9-7-14(8-10-15)11-19-17(20)12-18-16-5-3-4-6-16/h7-10,13,16,18H,3-6,11-12H2,1-2H3,(H,19,20). The Balaban J connectivity index is 1.69. The molecule has 110 valence electrons. The van der Waals surface area contributed by atoms with Gasteiger partial charge in [0.2, 0.25) is 5.91 Å². The van der Waals surface area contributed by atoms with Gasteiger partial charge in [-0.3, -0.25) is 4.79 Å². The van der Waals surface area contributed by atoms with Crippen molar-refractivity contribution < 1.29 is 4.79 Å². The highest BCUT2D eigenvalue weighted by Crippen LogP contribution is 2.17. The lowest BCUT2D eigenvalue weighted by molar-refractivity contribution is -0.120. The number of carbonyl (C=O) groups excluding carboxylic acids is 1. The second-order valence-electron chi connectivity index (χ2n) is 6.04. The fourth-order valence-electron chi connectivity index (χ4n) is 2.65. The van der Waals surface area contributed by atoms with Gasteiger partial charge in [-0.05, 0) is 29.9 Å². The van der Waals surface area contributed by atoms with Gasteiger partial charge in [0.25, 0.3) is 0 Å². The molecule has 0 unspecified atom stereocenters. The fourth-order valence-corrected chi connectivity index (χ4v) is 2.65. The summed E-state index contributed by atoms with van der Waals surface area (Å²) in [6.45, 7) is 5.43. The third kappa shape index (κ3) is 4.64. The fraction of sp³-hybridized carbons (Fsp3) is 0.588. The van der Waals surface area contributed by atoms with Crippen LogP contribution in [-0.4, -0.2) is 18.5 Å². The molecular formula is C17H26N2O. The predicted molar refractivity (Wildman–Crippen MR) is 82.6 cm³/mol. The van der Waals surface area contributed by atoms with Crippen molar-refractivity contribution in [1.29, 1.82) is 0 Å². The molecule has 3 heteroatoms. The van der Waals surface area contributed by atoms with E-state index in [1.807, 2.05) is 0 Å². The summed E-state index contributed by atoms with van der Waals surface area (Å²) in [6, 6.07) is 9.03. The SMILES string of the molecule is CC(C)c1ccc(CNC(=O)CNC2CCCC2)cc1. The van der Waals surface area contributed by atoms with Crippen LogP contribution in [0.2, 0.25) is 0 Å². The molecule has 0 heterocycles. The van der Waals surface area contributed by atoms with E-state index in [1.54, 1.807) is 0 Å². The summed E-state index contributed by atoms with van der Waals surface area (Å²) in [7, 11) is 0. The Morgan fingerprint density at radius 1 is 1.20 bits per heavy atom. The van der Waals surface area contributed by atoms with Gasteiger partial charge in [-0.1, -0.05) is 51.0 Å². The molecule has 1 aliphatic carbocycles. The maximum Gasteiger partial charge on any atom is 0.234 e. The molecule has 0 aliphatic heterocycles. The van der Waals surface area contributed by atoms with E-state index >= 15 is 0 Å². The molecule has 1 aromatic rings. The quantitative estimate of drug-likeness (QED) is 0.837. The van der Waals surface area contributed by atoms with Crippen molar-refractivity contribution in [3.63, 3.8) is 0 Å². The zero-order chi connectivity index (χ0) is 14.4. The van der Waals surface area contributed by atoms with Crippen LogP contribution in [0.3, 0.4) is 0 Å². The lowest BCUT2D eigenvalue weighted by atomic mass is 10.0. The van der Waals surface area contributed by atoms with Gasteiger partial charge >= 0.3 is 0 Å².